The maximum Gasteiger partial charge on any atom is 0.234 e. The Bertz CT molecular complexity index is 919. The standard InChI is InChI=1S/C22H28FN5O2S/c1-3-8-24-22(30)16-6-9-28(10-7-16)19-12-21(26-14-25-19)31-13-20(29)27-17-5-4-15(2)18(23)11-17/h4-5,11-12,14,16H,3,6-10,13H2,1-2H3,(H,24,30)(H,27,29). The molecule has 0 spiro atoms. The van der Waals surface area contributed by atoms with Gasteiger partial charge >= 0.3 is 0 Å². The number of anilines is 2. The molecule has 166 valence electrons. The highest BCUT2D eigenvalue weighted by Crippen LogP contribution is 2.25. The molecule has 0 saturated carbocycles. The Kier molecular flexibility index (Phi) is 8.22. The van der Waals surface area contributed by atoms with Crippen LogP contribution in [0.4, 0.5) is 15.9 Å². The Morgan fingerprint density at radius 3 is 2.71 bits per heavy atom. The second-order valence-corrected chi connectivity index (χ2v) is 8.56. The molecule has 1 aromatic heterocycles. The van der Waals surface area contributed by atoms with Crippen molar-refractivity contribution < 1.29 is 14.0 Å². The maximum absolute atomic E-state index is 13.6. The van der Waals surface area contributed by atoms with Crippen molar-refractivity contribution in [2.75, 3.05) is 35.6 Å². The van der Waals surface area contributed by atoms with E-state index < -0.39 is 0 Å². The number of thioether (sulfide) groups is 1. The van der Waals surface area contributed by atoms with Gasteiger partial charge in [0.25, 0.3) is 0 Å². The van der Waals surface area contributed by atoms with Crippen LogP contribution in [0.3, 0.4) is 0 Å². The molecule has 1 aliphatic rings. The summed E-state index contributed by atoms with van der Waals surface area (Å²) in [6.07, 6.45) is 4.01. The van der Waals surface area contributed by atoms with E-state index in [2.05, 4.69) is 25.5 Å². The Labute approximate surface area is 186 Å². The van der Waals surface area contributed by atoms with E-state index in [1.165, 1.54) is 24.2 Å². The highest BCUT2D eigenvalue weighted by molar-refractivity contribution is 7.99. The third kappa shape index (κ3) is 6.65. The molecule has 9 heteroatoms. The molecule has 1 aromatic carbocycles. The smallest absolute Gasteiger partial charge is 0.234 e. The number of rotatable bonds is 8. The molecule has 0 atom stereocenters. The van der Waals surface area contributed by atoms with Crippen molar-refractivity contribution in [2.24, 2.45) is 5.92 Å². The van der Waals surface area contributed by atoms with Gasteiger partial charge in [-0.3, -0.25) is 9.59 Å². The lowest BCUT2D eigenvalue weighted by Crippen LogP contribution is -2.41. The van der Waals surface area contributed by atoms with Gasteiger partial charge in [-0.2, -0.15) is 0 Å². The number of halogens is 1. The summed E-state index contributed by atoms with van der Waals surface area (Å²) in [6, 6.07) is 6.48. The number of aryl methyl sites for hydroxylation is 1. The number of nitrogens with zero attached hydrogens (tertiary/aromatic N) is 3. The minimum atomic E-state index is -0.350. The molecule has 1 saturated heterocycles. The van der Waals surface area contributed by atoms with Crippen LogP contribution in [0.15, 0.2) is 35.6 Å². The Hall–Kier alpha value is -2.68. The van der Waals surface area contributed by atoms with Gasteiger partial charge in [-0.05, 0) is 43.9 Å². The number of hydrogen-bond acceptors (Lipinski definition) is 6. The average molecular weight is 446 g/mol. The van der Waals surface area contributed by atoms with Gasteiger partial charge < -0.3 is 15.5 Å². The fourth-order valence-electron chi connectivity index (χ4n) is 3.35. The van der Waals surface area contributed by atoms with Gasteiger partial charge in [0.05, 0.1) is 5.75 Å². The number of nitrogens with one attached hydrogen (secondary N) is 2. The van der Waals surface area contributed by atoms with Crippen LogP contribution in [0.25, 0.3) is 0 Å². The highest BCUT2D eigenvalue weighted by Gasteiger charge is 2.25. The minimum Gasteiger partial charge on any atom is -0.356 e. The minimum absolute atomic E-state index is 0.0498. The van der Waals surface area contributed by atoms with Crippen molar-refractivity contribution in [1.82, 2.24) is 15.3 Å². The SMILES string of the molecule is CCCNC(=O)C1CCN(c2cc(SCC(=O)Nc3ccc(C)c(F)c3)ncn2)CC1. The number of benzene rings is 1. The molecule has 2 amide bonds. The predicted molar refractivity (Wildman–Crippen MR) is 121 cm³/mol. The first-order valence-electron chi connectivity index (χ1n) is 10.5. The molecule has 3 rings (SSSR count). The number of amides is 2. The van der Waals surface area contributed by atoms with Crippen LogP contribution >= 0.6 is 11.8 Å². The largest absolute Gasteiger partial charge is 0.356 e. The van der Waals surface area contributed by atoms with Crippen LogP contribution in [0.1, 0.15) is 31.7 Å². The average Bonchev–Trinajstić information content (AvgIpc) is 2.79. The number of piperidine rings is 1. The second kappa shape index (κ2) is 11.1. The fourth-order valence-corrected chi connectivity index (χ4v) is 4.01. The van der Waals surface area contributed by atoms with Crippen LogP contribution < -0.4 is 15.5 Å². The van der Waals surface area contributed by atoms with E-state index in [4.69, 9.17) is 0 Å². The first-order valence-corrected chi connectivity index (χ1v) is 11.5. The van der Waals surface area contributed by atoms with Gasteiger partial charge in [0.2, 0.25) is 11.8 Å². The summed E-state index contributed by atoms with van der Waals surface area (Å²) in [4.78, 5) is 35.1. The van der Waals surface area contributed by atoms with Crippen molar-refractivity contribution >= 4 is 35.1 Å². The van der Waals surface area contributed by atoms with Gasteiger partial charge in [-0.1, -0.05) is 24.8 Å². The summed E-state index contributed by atoms with van der Waals surface area (Å²) in [6.45, 7) is 5.94. The monoisotopic (exact) mass is 445 g/mol. The van der Waals surface area contributed by atoms with E-state index in [0.717, 1.165) is 44.7 Å². The molecule has 1 aliphatic heterocycles. The number of carbonyl (C=O) groups excluding carboxylic acids is 2. The third-order valence-electron chi connectivity index (χ3n) is 5.17. The topological polar surface area (TPSA) is 87.2 Å². The quantitative estimate of drug-likeness (QED) is 0.478. The molecular weight excluding hydrogens is 417 g/mol. The Balaban J connectivity index is 1.49. The van der Waals surface area contributed by atoms with E-state index in [0.29, 0.717) is 16.3 Å². The first kappa shape index (κ1) is 23.0. The second-order valence-electron chi connectivity index (χ2n) is 7.57. The lowest BCUT2D eigenvalue weighted by Gasteiger charge is -2.32. The molecular formula is C22H28FN5O2S. The molecule has 31 heavy (non-hydrogen) atoms. The van der Waals surface area contributed by atoms with E-state index in [-0.39, 0.29) is 29.3 Å². The maximum atomic E-state index is 13.6. The molecule has 2 aromatic rings. The first-order chi connectivity index (χ1) is 15.0. The predicted octanol–water partition coefficient (Wildman–Crippen LogP) is 3.40. The fraction of sp³-hybridized carbons (Fsp3) is 0.455. The molecule has 0 radical (unpaired) electrons. The van der Waals surface area contributed by atoms with Crippen molar-refractivity contribution in [3.63, 3.8) is 0 Å². The summed E-state index contributed by atoms with van der Waals surface area (Å²) in [5.41, 5.74) is 0.967. The van der Waals surface area contributed by atoms with Crippen LogP contribution in [-0.2, 0) is 9.59 Å². The van der Waals surface area contributed by atoms with Gasteiger partial charge in [0.15, 0.2) is 0 Å². The molecule has 2 heterocycles. The van der Waals surface area contributed by atoms with Crippen LogP contribution in [0.5, 0.6) is 0 Å². The van der Waals surface area contributed by atoms with Gasteiger partial charge in [-0.15, -0.1) is 0 Å². The molecule has 7 nitrogen and oxygen atoms in total. The molecule has 2 N–H and O–H groups in total. The van der Waals surface area contributed by atoms with E-state index >= 15 is 0 Å². The molecule has 0 aliphatic carbocycles. The lowest BCUT2D eigenvalue weighted by molar-refractivity contribution is -0.125. The molecule has 1 fully saturated rings. The van der Waals surface area contributed by atoms with Crippen molar-refractivity contribution in [3.05, 3.63) is 42.0 Å². The number of carbonyl (C=O) groups is 2. The summed E-state index contributed by atoms with van der Waals surface area (Å²) in [5, 5.41) is 6.36. The van der Waals surface area contributed by atoms with Crippen LogP contribution in [-0.4, -0.2) is 47.2 Å². The Morgan fingerprint density at radius 1 is 1.23 bits per heavy atom. The van der Waals surface area contributed by atoms with Gasteiger partial charge in [0, 0.05) is 37.3 Å². The van der Waals surface area contributed by atoms with Crippen molar-refractivity contribution in [3.8, 4) is 0 Å². The summed E-state index contributed by atoms with van der Waals surface area (Å²) in [5.74, 6) is 0.565. The molecule has 0 bridgehead atoms. The summed E-state index contributed by atoms with van der Waals surface area (Å²) < 4.78 is 13.6. The van der Waals surface area contributed by atoms with E-state index in [1.54, 1.807) is 19.1 Å². The van der Waals surface area contributed by atoms with Crippen LogP contribution in [0.2, 0.25) is 0 Å². The lowest BCUT2D eigenvalue weighted by atomic mass is 9.96. The summed E-state index contributed by atoms with van der Waals surface area (Å²) in [7, 11) is 0. The van der Waals surface area contributed by atoms with Crippen molar-refractivity contribution in [2.45, 2.75) is 38.1 Å². The Morgan fingerprint density at radius 2 is 2.00 bits per heavy atom. The third-order valence-corrected chi connectivity index (χ3v) is 6.10. The van der Waals surface area contributed by atoms with E-state index in [1.807, 2.05) is 13.0 Å². The zero-order chi connectivity index (χ0) is 22.2. The summed E-state index contributed by atoms with van der Waals surface area (Å²) >= 11 is 1.30. The van der Waals surface area contributed by atoms with Gasteiger partial charge in [-0.25, -0.2) is 14.4 Å². The van der Waals surface area contributed by atoms with Crippen molar-refractivity contribution in [1.29, 1.82) is 0 Å². The van der Waals surface area contributed by atoms with Crippen LogP contribution in [0, 0.1) is 18.7 Å². The number of hydrogen-bond donors (Lipinski definition) is 2. The normalized spacial score (nSPS) is 14.4. The zero-order valence-electron chi connectivity index (χ0n) is 17.9. The zero-order valence-corrected chi connectivity index (χ0v) is 18.7. The number of aromatic nitrogens is 2. The van der Waals surface area contributed by atoms with E-state index in [9.17, 15) is 14.0 Å². The molecule has 0 unspecified atom stereocenters. The van der Waals surface area contributed by atoms with Gasteiger partial charge in [0.1, 0.15) is 23.0 Å². The highest BCUT2D eigenvalue weighted by atomic mass is 32.2.